The molecule has 0 aliphatic carbocycles. The maximum atomic E-state index is 12.7. The number of carbonyl (C=O) groups excluding carboxylic acids is 1. The first-order valence-corrected chi connectivity index (χ1v) is 7.51. The number of nitrogens with zero attached hydrogens (tertiary/aromatic N) is 2. The highest BCUT2D eigenvalue weighted by Crippen LogP contribution is 2.40. The van der Waals surface area contributed by atoms with Crippen LogP contribution in [0, 0.1) is 0 Å². The van der Waals surface area contributed by atoms with Gasteiger partial charge in [-0.05, 0) is 25.5 Å². The second kappa shape index (κ2) is 6.17. The summed E-state index contributed by atoms with van der Waals surface area (Å²) >= 11 is 1.70. The third-order valence-corrected chi connectivity index (χ3v) is 4.55. The molecule has 1 aromatic rings. The van der Waals surface area contributed by atoms with Gasteiger partial charge in [0.2, 0.25) is 5.91 Å². The van der Waals surface area contributed by atoms with Gasteiger partial charge in [0.05, 0.1) is 12.5 Å². The fourth-order valence-electron chi connectivity index (χ4n) is 2.29. The molecule has 0 saturated heterocycles. The van der Waals surface area contributed by atoms with Gasteiger partial charge in [0.25, 0.3) is 0 Å². The van der Waals surface area contributed by atoms with Crippen LogP contribution in [0.15, 0.2) is 34.3 Å². The molecular weight excluding hydrogens is 274 g/mol. The first-order chi connectivity index (χ1) is 9.54. The second-order valence-electron chi connectivity index (χ2n) is 5.05. The zero-order valence-corrected chi connectivity index (χ0v) is 12.4. The summed E-state index contributed by atoms with van der Waals surface area (Å²) < 4.78 is 0. The Morgan fingerprint density at radius 2 is 2.25 bits per heavy atom. The summed E-state index contributed by atoms with van der Waals surface area (Å²) in [6, 6.07) is 7.97. The summed E-state index contributed by atoms with van der Waals surface area (Å²) in [4.78, 5) is 15.5. The molecule has 5 nitrogen and oxygen atoms in total. The number of thioether (sulfide) groups is 1. The van der Waals surface area contributed by atoms with Gasteiger partial charge < -0.3 is 15.8 Å². The van der Waals surface area contributed by atoms with E-state index in [-0.39, 0.29) is 30.2 Å². The van der Waals surface area contributed by atoms with Crippen LogP contribution in [0.25, 0.3) is 0 Å². The highest BCUT2D eigenvalue weighted by molar-refractivity contribution is 7.99. The van der Waals surface area contributed by atoms with Crippen molar-refractivity contribution in [3.63, 3.8) is 0 Å². The van der Waals surface area contributed by atoms with Crippen LogP contribution < -0.4 is 5.73 Å². The first-order valence-electron chi connectivity index (χ1n) is 6.53. The zero-order chi connectivity index (χ0) is 14.7. The van der Waals surface area contributed by atoms with Crippen molar-refractivity contribution in [3.8, 4) is 0 Å². The number of rotatable bonds is 4. The number of oxime groups is 1. The van der Waals surface area contributed by atoms with Crippen molar-refractivity contribution >= 4 is 23.5 Å². The molecule has 2 rings (SSSR count). The minimum absolute atomic E-state index is 0.000521. The third kappa shape index (κ3) is 2.90. The Morgan fingerprint density at radius 3 is 2.90 bits per heavy atom. The number of hydrogen-bond donors (Lipinski definition) is 2. The summed E-state index contributed by atoms with van der Waals surface area (Å²) in [6.07, 6.45) is 0. The SMILES string of the molecule is CC(C)N(CC(N)=NO)C(=O)C1CSc2ccccc21. The molecule has 1 aliphatic rings. The number of fused-ring (bicyclic) bond motifs is 1. The summed E-state index contributed by atoms with van der Waals surface area (Å²) in [6.45, 7) is 4.00. The van der Waals surface area contributed by atoms with Gasteiger partial charge in [0.15, 0.2) is 5.84 Å². The van der Waals surface area contributed by atoms with Gasteiger partial charge in [-0.2, -0.15) is 0 Å². The monoisotopic (exact) mass is 293 g/mol. The van der Waals surface area contributed by atoms with E-state index in [1.165, 1.54) is 4.90 Å². The van der Waals surface area contributed by atoms with Crippen LogP contribution in [-0.2, 0) is 4.79 Å². The predicted octanol–water partition coefficient (Wildman–Crippen LogP) is 1.86. The summed E-state index contributed by atoms with van der Waals surface area (Å²) in [5.74, 6) is 0.678. The van der Waals surface area contributed by atoms with Crippen LogP contribution in [-0.4, -0.2) is 40.2 Å². The molecular formula is C14H19N3O2S. The molecule has 0 spiro atoms. The number of carbonyl (C=O) groups is 1. The first kappa shape index (κ1) is 14.7. The molecule has 0 saturated carbocycles. The summed E-state index contributed by atoms with van der Waals surface area (Å²) in [5, 5.41) is 11.7. The van der Waals surface area contributed by atoms with Crippen molar-refractivity contribution in [1.29, 1.82) is 0 Å². The van der Waals surface area contributed by atoms with Crippen LogP contribution in [0.2, 0.25) is 0 Å². The Morgan fingerprint density at radius 1 is 1.55 bits per heavy atom. The molecule has 20 heavy (non-hydrogen) atoms. The lowest BCUT2D eigenvalue weighted by molar-refractivity contribution is -0.133. The average molecular weight is 293 g/mol. The van der Waals surface area contributed by atoms with Crippen LogP contribution in [0.5, 0.6) is 0 Å². The molecule has 1 amide bonds. The Balaban J connectivity index is 2.21. The molecule has 0 bridgehead atoms. The van der Waals surface area contributed by atoms with Gasteiger partial charge in [-0.1, -0.05) is 23.4 Å². The lowest BCUT2D eigenvalue weighted by atomic mass is 9.99. The van der Waals surface area contributed by atoms with Crippen molar-refractivity contribution in [3.05, 3.63) is 29.8 Å². The number of hydrogen-bond acceptors (Lipinski definition) is 4. The highest BCUT2D eigenvalue weighted by atomic mass is 32.2. The van der Waals surface area contributed by atoms with E-state index in [4.69, 9.17) is 10.9 Å². The number of nitrogens with two attached hydrogens (primary N) is 1. The summed E-state index contributed by atoms with van der Waals surface area (Å²) in [5.41, 5.74) is 6.62. The van der Waals surface area contributed by atoms with Gasteiger partial charge in [-0.15, -0.1) is 11.8 Å². The average Bonchev–Trinajstić information content (AvgIpc) is 2.87. The highest BCUT2D eigenvalue weighted by Gasteiger charge is 2.33. The number of benzene rings is 1. The van der Waals surface area contributed by atoms with E-state index in [1.807, 2.05) is 38.1 Å². The lowest BCUT2D eigenvalue weighted by Gasteiger charge is -2.28. The van der Waals surface area contributed by atoms with Gasteiger partial charge in [0.1, 0.15) is 0 Å². The van der Waals surface area contributed by atoms with E-state index in [0.717, 1.165) is 11.3 Å². The van der Waals surface area contributed by atoms with Gasteiger partial charge in [-0.25, -0.2) is 0 Å². The van der Waals surface area contributed by atoms with Crippen LogP contribution in [0.4, 0.5) is 0 Å². The van der Waals surface area contributed by atoms with E-state index >= 15 is 0 Å². The van der Waals surface area contributed by atoms with Gasteiger partial charge in [0, 0.05) is 16.7 Å². The van der Waals surface area contributed by atoms with Crippen molar-refractivity contribution in [1.82, 2.24) is 4.90 Å². The molecule has 1 unspecified atom stereocenters. The largest absolute Gasteiger partial charge is 0.409 e. The smallest absolute Gasteiger partial charge is 0.231 e. The van der Waals surface area contributed by atoms with Crippen LogP contribution in [0.3, 0.4) is 0 Å². The van der Waals surface area contributed by atoms with Crippen LogP contribution >= 0.6 is 11.8 Å². The lowest BCUT2D eigenvalue weighted by Crippen LogP contribution is -2.45. The molecule has 1 atom stereocenters. The molecule has 0 aromatic heterocycles. The van der Waals surface area contributed by atoms with Crippen molar-refractivity contribution in [2.45, 2.75) is 30.7 Å². The molecule has 1 heterocycles. The molecule has 0 radical (unpaired) electrons. The minimum Gasteiger partial charge on any atom is -0.409 e. The molecule has 6 heteroatoms. The molecule has 0 fully saturated rings. The third-order valence-electron chi connectivity index (χ3n) is 3.37. The quantitative estimate of drug-likeness (QED) is 0.384. The maximum Gasteiger partial charge on any atom is 0.231 e. The second-order valence-corrected chi connectivity index (χ2v) is 6.11. The van der Waals surface area contributed by atoms with Crippen LogP contribution in [0.1, 0.15) is 25.3 Å². The Hall–Kier alpha value is -1.69. The molecule has 108 valence electrons. The topological polar surface area (TPSA) is 78.9 Å². The minimum atomic E-state index is -0.148. The fraction of sp³-hybridized carbons (Fsp3) is 0.429. The Kier molecular flexibility index (Phi) is 4.54. The molecule has 3 N–H and O–H groups in total. The van der Waals surface area contributed by atoms with E-state index < -0.39 is 0 Å². The van der Waals surface area contributed by atoms with E-state index in [2.05, 4.69) is 5.16 Å². The Bertz CT molecular complexity index is 531. The number of amides is 1. The normalized spacial score (nSPS) is 18.1. The molecule has 1 aromatic carbocycles. The van der Waals surface area contributed by atoms with Crippen molar-refractivity contribution in [2.24, 2.45) is 10.9 Å². The van der Waals surface area contributed by atoms with Gasteiger partial charge in [-0.3, -0.25) is 4.79 Å². The van der Waals surface area contributed by atoms with E-state index in [1.54, 1.807) is 16.7 Å². The predicted molar refractivity (Wildman–Crippen MR) is 80.2 cm³/mol. The fourth-order valence-corrected chi connectivity index (χ4v) is 3.51. The standard InChI is InChI=1S/C14H19N3O2S/c1-9(2)17(7-13(15)16-19)14(18)11-8-20-12-6-4-3-5-10(11)12/h3-6,9,11,19H,7-8H2,1-2H3,(H2,15,16). The van der Waals surface area contributed by atoms with Gasteiger partial charge >= 0.3 is 0 Å². The zero-order valence-electron chi connectivity index (χ0n) is 11.6. The maximum absolute atomic E-state index is 12.7. The van der Waals surface area contributed by atoms with E-state index in [9.17, 15) is 4.79 Å². The molecule has 1 aliphatic heterocycles. The Labute approximate surface area is 122 Å². The summed E-state index contributed by atoms with van der Waals surface area (Å²) in [7, 11) is 0. The number of amidine groups is 1. The van der Waals surface area contributed by atoms with E-state index in [0.29, 0.717) is 0 Å². The van der Waals surface area contributed by atoms with Crippen molar-refractivity contribution < 1.29 is 10.0 Å². The van der Waals surface area contributed by atoms with Crippen molar-refractivity contribution in [2.75, 3.05) is 12.3 Å².